The van der Waals surface area contributed by atoms with Crippen LogP contribution < -0.4 is 11.1 Å². The van der Waals surface area contributed by atoms with Crippen LogP contribution in [-0.2, 0) is 9.53 Å². The van der Waals surface area contributed by atoms with E-state index in [-0.39, 0.29) is 11.9 Å². The van der Waals surface area contributed by atoms with Crippen LogP contribution in [0, 0.1) is 5.41 Å². The van der Waals surface area contributed by atoms with Crippen molar-refractivity contribution < 1.29 is 9.53 Å². The summed E-state index contributed by atoms with van der Waals surface area (Å²) in [5, 5.41) is 3.07. The zero-order chi connectivity index (χ0) is 12.0. The molecule has 1 saturated heterocycles. The zero-order valence-electron chi connectivity index (χ0n) is 10.4. The number of rotatable bonds is 5. The summed E-state index contributed by atoms with van der Waals surface area (Å²) < 4.78 is 5.35. The average Bonchev–Trinajstić information content (AvgIpc) is 2.33. The summed E-state index contributed by atoms with van der Waals surface area (Å²) >= 11 is 0. The highest BCUT2D eigenvalue weighted by Gasteiger charge is 2.34. The number of hydrogen-bond acceptors (Lipinski definition) is 3. The lowest BCUT2D eigenvalue weighted by atomic mass is 9.81. The number of nitrogens with two attached hydrogens (primary N) is 1. The average molecular weight is 228 g/mol. The Hall–Kier alpha value is -0.610. The van der Waals surface area contributed by atoms with Crippen LogP contribution in [0.4, 0.5) is 0 Å². The van der Waals surface area contributed by atoms with Crippen molar-refractivity contribution in [1.29, 1.82) is 0 Å². The van der Waals surface area contributed by atoms with E-state index in [9.17, 15) is 4.79 Å². The van der Waals surface area contributed by atoms with Crippen molar-refractivity contribution in [3.63, 3.8) is 0 Å². The van der Waals surface area contributed by atoms with Crippen LogP contribution in [-0.4, -0.2) is 31.7 Å². The SMILES string of the molecule is CCC(CC)(CN)C(=O)NC1CCCOC1. The highest BCUT2D eigenvalue weighted by molar-refractivity contribution is 5.83. The molecule has 16 heavy (non-hydrogen) atoms. The first kappa shape index (κ1) is 13.5. The van der Waals surface area contributed by atoms with Gasteiger partial charge in [-0.25, -0.2) is 0 Å². The molecular formula is C12H24N2O2. The Labute approximate surface area is 97.9 Å². The maximum Gasteiger partial charge on any atom is 0.227 e. The van der Waals surface area contributed by atoms with Gasteiger partial charge in [0.25, 0.3) is 0 Å². The summed E-state index contributed by atoms with van der Waals surface area (Å²) in [4.78, 5) is 12.2. The summed E-state index contributed by atoms with van der Waals surface area (Å²) in [6.07, 6.45) is 3.62. The molecule has 1 rings (SSSR count). The molecule has 94 valence electrons. The van der Waals surface area contributed by atoms with Crippen LogP contribution in [0.1, 0.15) is 39.5 Å². The van der Waals surface area contributed by atoms with E-state index in [1.807, 2.05) is 13.8 Å². The Kier molecular flexibility index (Phi) is 5.22. The molecule has 0 aromatic heterocycles. The number of carbonyl (C=O) groups excluding carboxylic acids is 1. The molecule has 1 aliphatic heterocycles. The van der Waals surface area contributed by atoms with Crippen LogP contribution in [0.3, 0.4) is 0 Å². The Bertz CT molecular complexity index is 213. The number of hydrogen-bond donors (Lipinski definition) is 2. The van der Waals surface area contributed by atoms with Crippen molar-refractivity contribution in [2.24, 2.45) is 11.1 Å². The number of carbonyl (C=O) groups is 1. The first-order valence-corrected chi connectivity index (χ1v) is 6.27. The van der Waals surface area contributed by atoms with Gasteiger partial charge in [-0.05, 0) is 25.7 Å². The van der Waals surface area contributed by atoms with Gasteiger partial charge in [-0.1, -0.05) is 13.8 Å². The van der Waals surface area contributed by atoms with E-state index in [0.717, 1.165) is 32.3 Å². The van der Waals surface area contributed by atoms with Crippen molar-refractivity contribution >= 4 is 5.91 Å². The highest BCUT2D eigenvalue weighted by Crippen LogP contribution is 2.25. The standard InChI is InChI=1S/C12H24N2O2/c1-3-12(4-2,9-13)11(15)14-10-6-5-7-16-8-10/h10H,3-9,13H2,1-2H3,(H,14,15). The Morgan fingerprint density at radius 1 is 1.50 bits per heavy atom. The molecule has 1 aliphatic rings. The molecule has 0 aromatic rings. The fourth-order valence-electron chi connectivity index (χ4n) is 2.15. The summed E-state index contributed by atoms with van der Waals surface area (Å²) in [5.41, 5.74) is 5.35. The van der Waals surface area contributed by atoms with E-state index in [1.165, 1.54) is 0 Å². The minimum Gasteiger partial charge on any atom is -0.379 e. The lowest BCUT2D eigenvalue weighted by Crippen LogP contribution is -2.50. The second kappa shape index (κ2) is 6.21. The third-order valence-corrected chi connectivity index (χ3v) is 3.72. The summed E-state index contributed by atoms with van der Waals surface area (Å²) in [6.45, 7) is 5.91. The first-order valence-electron chi connectivity index (χ1n) is 6.27. The molecule has 4 heteroatoms. The van der Waals surface area contributed by atoms with Gasteiger partial charge in [0, 0.05) is 13.2 Å². The van der Waals surface area contributed by atoms with Gasteiger partial charge in [-0.15, -0.1) is 0 Å². The molecule has 1 heterocycles. The van der Waals surface area contributed by atoms with Crippen LogP contribution in [0.2, 0.25) is 0 Å². The van der Waals surface area contributed by atoms with Gasteiger partial charge in [0.2, 0.25) is 5.91 Å². The minimum atomic E-state index is -0.391. The second-order valence-corrected chi connectivity index (χ2v) is 4.58. The monoisotopic (exact) mass is 228 g/mol. The van der Waals surface area contributed by atoms with Gasteiger partial charge < -0.3 is 15.8 Å². The van der Waals surface area contributed by atoms with E-state index in [4.69, 9.17) is 10.5 Å². The van der Waals surface area contributed by atoms with Crippen molar-refractivity contribution in [2.75, 3.05) is 19.8 Å². The smallest absolute Gasteiger partial charge is 0.227 e. The van der Waals surface area contributed by atoms with Gasteiger partial charge in [0.05, 0.1) is 18.1 Å². The maximum absolute atomic E-state index is 12.2. The number of amides is 1. The lowest BCUT2D eigenvalue weighted by Gasteiger charge is -2.32. The van der Waals surface area contributed by atoms with E-state index in [2.05, 4.69) is 5.32 Å². The Balaban J connectivity index is 2.54. The molecule has 1 fully saturated rings. The molecule has 0 aromatic carbocycles. The van der Waals surface area contributed by atoms with Crippen molar-refractivity contribution in [2.45, 2.75) is 45.6 Å². The molecule has 4 nitrogen and oxygen atoms in total. The first-order chi connectivity index (χ1) is 7.68. The largest absolute Gasteiger partial charge is 0.379 e. The van der Waals surface area contributed by atoms with Crippen LogP contribution in [0.15, 0.2) is 0 Å². The molecule has 0 spiro atoms. The van der Waals surface area contributed by atoms with Gasteiger partial charge in [0.1, 0.15) is 0 Å². The summed E-state index contributed by atoms with van der Waals surface area (Å²) in [6, 6.07) is 0.172. The van der Waals surface area contributed by atoms with E-state index in [1.54, 1.807) is 0 Å². The molecular weight excluding hydrogens is 204 g/mol. The topological polar surface area (TPSA) is 64.4 Å². The molecule has 1 unspecified atom stereocenters. The second-order valence-electron chi connectivity index (χ2n) is 4.58. The van der Waals surface area contributed by atoms with E-state index >= 15 is 0 Å². The number of nitrogens with one attached hydrogen (secondary N) is 1. The Morgan fingerprint density at radius 3 is 2.62 bits per heavy atom. The normalized spacial score (nSPS) is 21.8. The van der Waals surface area contributed by atoms with Crippen molar-refractivity contribution in [3.8, 4) is 0 Å². The molecule has 0 radical (unpaired) electrons. The Morgan fingerprint density at radius 2 is 2.19 bits per heavy atom. The fraction of sp³-hybridized carbons (Fsp3) is 0.917. The molecule has 0 bridgehead atoms. The summed E-state index contributed by atoms with van der Waals surface area (Å²) in [5.74, 6) is 0.0931. The molecule has 0 saturated carbocycles. The van der Waals surface area contributed by atoms with Crippen LogP contribution in [0.5, 0.6) is 0 Å². The van der Waals surface area contributed by atoms with Gasteiger partial charge >= 0.3 is 0 Å². The van der Waals surface area contributed by atoms with E-state index < -0.39 is 5.41 Å². The predicted molar refractivity (Wildman–Crippen MR) is 64.1 cm³/mol. The fourth-order valence-corrected chi connectivity index (χ4v) is 2.15. The van der Waals surface area contributed by atoms with Crippen molar-refractivity contribution in [1.82, 2.24) is 5.32 Å². The highest BCUT2D eigenvalue weighted by atomic mass is 16.5. The lowest BCUT2D eigenvalue weighted by molar-refractivity contribution is -0.132. The van der Waals surface area contributed by atoms with Crippen LogP contribution >= 0.6 is 0 Å². The summed E-state index contributed by atoms with van der Waals surface area (Å²) in [7, 11) is 0. The maximum atomic E-state index is 12.2. The predicted octanol–water partition coefficient (Wildman–Crippen LogP) is 1.05. The third kappa shape index (κ3) is 2.95. The number of ether oxygens (including phenoxy) is 1. The molecule has 1 atom stereocenters. The molecule has 0 aliphatic carbocycles. The van der Waals surface area contributed by atoms with Crippen molar-refractivity contribution in [3.05, 3.63) is 0 Å². The quantitative estimate of drug-likeness (QED) is 0.739. The van der Waals surface area contributed by atoms with E-state index in [0.29, 0.717) is 13.2 Å². The molecule has 3 N–H and O–H groups in total. The molecule has 1 amide bonds. The van der Waals surface area contributed by atoms with Crippen LogP contribution in [0.25, 0.3) is 0 Å². The van der Waals surface area contributed by atoms with Gasteiger partial charge in [-0.2, -0.15) is 0 Å². The third-order valence-electron chi connectivity index (χ3n) is 3.72. The van der Waals surface area contributed by atoms with Gasteiger partial charge in [-0.3, -0.25) is 4.79 Å². The minimum absolute atomic E-state index is 0.0931. The van der Waals surface area contributed by atoms with Gasteiger partial charge in [0.15, 0.2) is 0 Å². The zero-order valence-corrected chi connectivity index (χ0v) is 10.4.